The van der Waals surface area contributed by atoms with Gasteiger partial charge in [-0.15, -0.1) is 0 Å². The Hall–Kier alpha value is -1.95. The van der Waals surface area contributed by atoms with Crippen LogP contribution in [-0.2, 0) is 0 Å². The maximum absolute atomic E-state index is 13.5. The number of anilines is 2. The number of carbonyl (C=O) groups is 1. The molecule has 2 rings (SSSR count). The minimum absolute atomic E-state index is 0.323. The van der Waals surface area contributed by atoms with E-state index in [9.17, 15) is 13.6 Å². The number of nitrogen functional groups attached to an aromatic ring is 1. The molecule has 20 heavy (non-hydrogen) atoms. The van der Waals surface area contributed by atoms with Crippen LogP contribution in [0.3, 0.4) is 0 Å². The topological polar surface area (TPSA) is 55.1 Å². The standard InChI is InChI=1S/C14H11BrF2N2O/c1-7-4-10(15)13(12(18)5-7)19-14(20)9-6-8(16)2-3-11(9)17/h2-6H,18H2,1H3,(H,19,20). The van der Waals surface area contributed by atoms with Gasteiger partial charge in [-0.25, -0.2) is 8.78 Å². The van der Waals surface area contributed by atoms with E-state index in [-0.39, 0.29) is 5.56 Å². The summed E-state index contributed by atoms with van der Waals surface area (Å²) in [4.78, 5) is 12.0. The van der Waals surface area contributed by atoms with Crippen LogP contribution in [0.5, 0.6) is 0 Å². The first-order valence-corrected chi connectivity index (χ1v) is 6.50. The van der Waals surface area contributed by atoms with Crippen LogP contribution >= 0.6 is 15.9 Å². The molecule has 3 N–H and O–H groups in total. The summed E-state index contributed by atoms with van der Waals surface area (Å²) in [6, 6.07) is 6.11. The minimum atomic E-state index is -0.800. The molecule has 0 aliphatic heterocycles. The Labute approximate surface area is 122 Å². The fourth-order valence-corrected chi connectivity index (χ4v) is 2.44. The van der Waals surface area contributed by atoms with Gasteiger partial charge < -0.3 is 11.1 Å². The smallest absolute Gasteiger partial charge is 0.258 e. The molecule has 0 radical (unpaired) electrons. The molecule has 0 bridgehead atoms. The Morgan fingerprint density at radius 1 is 1.25 bits per heavy atom. The van der Waals surface area contributed by atoms with Crippen LogP contribution in [0, 0.1) is 18.6 Å². The van der Waals surface area contributed by atoms with Gasteiger partial charge in [-0.3, -0.25) is 4.79 Å². The molecular weight excluding hydrogens is 330 g/mol. The second-order valence-corrected chi connectivity index (χ2v) is 5.14. The van der Waals surface area contributed by atoms with Crippen LogP contribution in [0.2, 0.25) is 0 Å². The third-order valence-corrected chi connectivity index (χ3v) is 3.30. The molecule has 104 valence electrons. The van der Waals surface area contributed by atoms with Crippen molar-refractivity contribution in [3.05, 3.63) is 57.6 Å². The summed E-state index contributed by atoms with van der Waals surface area (Å²) < 4.78 is 27.2. The molecule has 6 heteroatoms. The fourth-order valence-electron chi connectivity index (χ4n) is 1.75. The minimum Gasteiger partial charge on any atom is -0.397 e. The lowest BCUT2D eigenvalue weighted by Gasteiger charge is -2.12. The highest BCUT2D eigenvalue weighted by molar-refractivity contribution is 9.10. The van der Waals surface area contributed by atoms with Gasteiger partial charge in [-0.05, 0) is 58.7 Å². The maximum atomic E-state index is 13.5. The second kappa shape index (κ2) is 5.58. The molecule has 0 fully saturated rings. The summed E-state index contributed by atoms with van der Waals surface area (Å²) in [5, 5.41) is 2.47. The molecule has 0 aliphatic carbocycles. The molecule has 0 saturated heterocycles. The van der Waals surface area contributed by atoms with Crippen molar-refractivity contribution < 1.29 is 13.6 Å². The van der Waals surface area contributed by atoms with Crippen LogP contribution in [0.1, 0.15) is 15.9 Å². The number of nitrogens with two attached hydrogens (primary N) is 1. The third-order valence-electron chi connectivity index (χ3n) is 2.68. The first-order valence-electron chi connectivity index (χ1n) is 5.70. The number of hydrogen-bond acceptors (Lipinski definition) is 2. The molecule has 0 heterocycles. The molecule has 1 amide bonds. The number of hydrogen-bond donors (Lipinski definition) is 2. The maximum Gasteiger partial charge on any atom is 0.258 e. The monoisotopic (exact) mass is 340 g/mol. The number of halogens is 3. The number of benzene rings is 2. The molecule has 0 aliphatic rings. The Bertz CT molecular complexity index is 666. The Morgan fingerprint density at radius 3 is 2.60 bits per heavy atom. The van der Waals surface area contributed by atoms with E-state index in [0.717, 1.165) is 23.8 Å². The summed E-state index contributed by atoms with van der Waals surface area (Å²) in [7, 11) is 0. The van der Waals surface area contributed by atoms with Crippen molar-refractivity contribution in [2.45, 2.75) is 6.92 Å². The molecule has 2 aromatic carbocycles. The SMILES string of the molecule is Cc1cc(N)c(NC(=O)c2cc(F)ccc2F)c(Br)c1. The van der Waals surface area contributed by atoms with Crippen molar-refractivity contribution in [1.82, 2.24) is 0 Å². The van der Waals surface area contributed by atoms with Crippen molar-refractivity contribution in [2.75, 3.05) is 11.1 Å². The fraction of sp³-hybridized carbons (Fsp3) is 0.0714. The van der Waals surface area contributed by atoms with Gasteiger partial charge in [-0.2, -0.15) is 0 Å². The van der Waals surface area contributed by atoms with Crippen LogP contribution in [0.4, 0.5) is 20.2 Å². The van der Waals surface area contributed by atoms with E-state index in [1.807, 2.05) is 6.92 Å². The summed E-state index contributed by atoms with van der Waals surface area (Å²) in [5.74, 6) is -2.25. The average Bonchev–Trinajstić information content (AvgIpc) is 2.36. The van der Waals surface area contributed by atoms with Crippen LogP contribution < -0.4 is 11.1 Å². The van der Waals surface area contributed by atoms with Gasteiger partial charge in [0.05, 0.1) is 16.9 Å². The first-order chi connectivity index (χ1) is 9.38. The lowest BCUT2D eigenvalue weighted by molar-refractivity contribution is 0.102. The van der Waals surface area contributed by atoms with Crippen molar-refractivity contribution in [2.24, 2.45) is 0 Å². The number of amides is 1. The van der Waals surface area contributed by atoms with Gasteiger partial charge in [0.2, 0.25) is 0 Å². The molecule has 0 spiro atoms. The van der Waals surface area contributed by atoms with E-state index in [2.05, 4.69) is 21.2 Å². The van der Waals surface area contributed by atoms with Gasteiger partial charge in [0.15, 0.2) is 0 Å². The summed E-state index contributed by atoms with van der Waals surface area (Å²) in [6.07, 6.45) is 0. The number of nitrogens with one attached hydrogen (secondary N) is 1. The first kappa shape index (κ1) is 14.5. The predicted molar refractivity (Wildman–Crippen MR) is 77.6 cm³/mol. The van der Waals surface area contributed by atoms with Gasteiger partial charge in [0.1, 0.15) is 11.6 Å². The van der Waals surface area contributed by atoms with E-state index >= 15 is 0 Å². The van der Waals surface area contributed by atoms with E-state index in [4.69, 9.17) is 5.73 Å². The Morgan fingerprint density at radius 2 is 1.95 bits per heavy atom. The zero-order valence-corrected chi connectivity index (χ0v) is 12.1. The van der Waals surface area contributed by atoms with Crippen molar-refractivity contribution >= 4 is 33.2 Å². The lowest BCUT2D eigenvalue weighted by Crippen LogP contribution is -2.15. The molecule has 3 nitrogen and oxygen atoms in total. The highest BCUT2D eigenvalue weighted by atomic mass is 79.9. The second-order valence-electron chi connectivity index (χ2n) is 4.29. The molecule has 2 aromatic rings. The highest BCUT2D eigenvalue weighted by Crippen LogP contribution is 2.30. The molecule has 0 saturated carbocycles. The van der Waals surface area contributed by atoms with E-state index < -0.39 is 17.5 Å². The summed E-state index contributed by atoms with van der Waals surface area (Å²) in [5.41, 5.74) is 6.99. The Kier molecular flexibility index (Phi) is 4.04. The summed E-state index contributed by atoms with van der Waals surface area (Å²) in [6.45, 7) is 1.85. The van der Waals surface area contributed by atoms with Gasteiger partial charge in [0, 0.05) is 4.47 Å². The van der Waals surface area contributed by atoms with Gasteiger partial charge in [0.25, 0.3) is 5.91 Å². The highest BCUT2D eigenvalue weighted by Gasteiger charge is 2.15. The van der Waals surface area contributed by atoms with E-state index in [0.29, 0.717) is 15.8 Å². The largest absolute Gasteiger partial charge is 0.397 e. The van der Waals surface area contributed by atoms with Gasteiger partial charge in [-0.1, -0.05) is 0 Å². The number of aryl methyl sites for hydroxylation is 1. The molecule has 0 unspecified atom stereocenters. The number of rotatable bonds is 2. The lowest BCUT2D eigenvalue weighted by atomic mass is 10.1. The van der Waals surface area contributed by atoms with Crippen LogP contribution in [0.15, 0.2) is 34.8 Å². The van der Waals surface area contributed by atoms with Crippen molar-refractivity contribution in [3.63, 3.8) is 0 Å². The third kappa shape index (κ3) is 2.96. The van der Waals surface area contributed by atoms with Crippen molar-refractivity contribution in [1.29, 1.82) is 0 Å². The molecule has 0 atom stereocenters. The zero-order valence-electron chi connectivity index (χ0n) is 10.5. The Balaban J connectivity index is 2.35. The quantitative estimate of drug-likeness (QED) is 0.815. The summed E-state index contributed by atoms with van der Waals surface area (Å²) >= 11 is 3.27. The molecular formula is C14H11BrF2N2O. The number of carbonyl (C=O) groups excluding carboxylic acids is 1. The van der Waals surface area contributed by atoms with Crippen LogP contribution in [-0.4, -0.2) is 5.91 Å². The van der Waals surface area contributed by atoms with Crippen molar-refractivity contribution in [3.8, 4) is 0 Å². The normalized spacial score (nSPS) is 10.4. The average molecular weight is 341 g/mol. The van der Waals surface area contributed by atoms with Gasteiger partial charge >= 0.3 is 0 Å². The molecule has 0 aromatic heterocycles. The zero-order chi connectivity index (χ0) is 14.9. The van der Waals surface area contributed by atoms with E-state index in [1.165, 1.54) is 0 Å². The van der Waals surface area contributed by atoms with Crippen LogP contribution in [0.25, 0.3) is 0 Å². The van der Waals surface area contributed by atoms with E-state index in [1.54, 1.807) is 12.1 Å². The predicted octanol–water partition coefficient (Wildman–Crippen LogP) is 3.87.